The second-order valence-electron chi connectivity index (χ2n) is 6.08. The van der Waals surface area contributed by atoms with Crippen molar-refractivity contribution in [2.24, 2.45) is 0 Å². The zero-order valence-corrected chi connectivity index (χ0v) is 15.6. The summed E-state index contributed by atoms with van der Waals surface area (Å²) in [6, 6.07) is 6.61. The normalized spacial score (nSPS) is 17.7. The molecule has 26 heavy (non-hydrogen) atoms. The zero-order valence-electron chi connectivity index (χ0n) is 14.0. The predicted molar refractivity (Wildman–Crippen MR) is 99.6 cm³/mol. The third kappa shape index (κ3) is 2.88. The maximum Gasteiger partial charge on any atom is 0.356 e. The Bertz CT molecular complexity index is 890. The molecule has 1 N–H and O–H groups in total. The number of pyridine rings is 2. The summed E-state index contributed by atoms with van der Waals surface area (Å²) in [6.45, 7) is 1.58. The van der Waals surface area contributed by atoms with Crippen LogP contribution in [0.2, 0.25) is 0 Å². The van der Waals surface area contributed by atoms with Crippen LogP contribution in [0.3, 0.4) is 0 Å². The van der Waals surface area contributed by atoms with E-state index in [1.165, 1.54) is 7.11 Å². The van der Waals surface area contributed by atoms with Gasteiger partial charge in [-0.1, -0.05) is 15.9 Å². The van der Waals surface area contributed by atoms with E-state index in [4.69, 9.17) is 4.74 Å². The molecule has 4 rings (SSSR count). The number of nitrogens with one attached hydrogen (secondary N) is 1. The van der Waals surface area contributed by atoms with Crippen molar-refractivity contribution in [2.45, 2.75) is 12.5 Å². The second kappa shape index (κ2) is 6.56. The lowest BCUT2D eigenvalue weighted by Gasteiger charge is -2.35. The molecule has 2 aliphatic rings. The first-order chi connectivity index (χ1) is 12.6. The summed E-state index contributed by atoms with van der Waals surface area (Å²) in [5, 5.41) is 2.81. The molecule has 1 atom stereocenters. The number of ether oxygens (including phenoxy) is 1. The molecule has 9 heteroatoms. The first-order valence-corrected chi connectivity index (χ1v) is 8.92. The molecule has 0 saturated carbocycles. The molecule has 4 heterocycles. The highest BCUT2D eigenvalue weighted by Crippen LogP contribution is 2.39. The van der Waals surface area contributed by atoms with Crippen molar-refractivity contribution >= 4 is 45.3 Å². The van der Waals surface area contributed by atoms with Crippen LogP contribution in [-0.2, 0) is 4.74 Å². The highest BCUT2D eigenvalue weighted by atomic mass is 79.9. The van der Waals surface area contributed by atoms with Crippen LogP contribution in [0, 0.1) is 0 Å². The number of esters is 1. The predicted octanol–water partition coefficient (Wildman–Crippen LogP) is 2.66. The number of anilines is 3. The molecular weight excluding hydrogens is 402 g/mol. The third-order valence-electron chi connectivity index (χ3n) is 4.52. The molecule has 2 aromatic heterocycles. The van der Waals surface area contributed by atoms with E-state index >= 15 is 0 Å². The Hall–Kier alpha value is -2.68. The van der Waals surface area contributed by atoms with Gasteiger partial charge in [-0.2, -0.15) is 0 Å². The number of fused-ring (bicyclic) bond motifs is 4. The average Bonchev–Trinajstić information content (AvgIpc) is 3.05. The van der Waals surface area contributed by atoms with Gasteiger partial charge in [-0.3, -0.25) is 10.2 Å². The molecule has 1 saturated heterocycles. The Balaban J connectivity index is 1.70. The van der Waals surface area contributed by atoms with Crippen molar-refractivity contribution in [3.63, 3.8) is 0 Å². The Morgan fingerprint density at radius 3 is 2.96 bits per heavy atom. The fourth-order valence-electron chi connectivity index (χ4n) is 3.33. The molecule has 8 nitrogen and oxygen atoms in total. The van der Waals surface area contributed by atoms with Gasteiger partial charge < -0.3 is 9.64 Å². The molecule has 134 valence electrons. The molecule has 0 radical (unpaired) electrons. The summed E-state index contributed by atoms with van der Waals surface area (Å²) in [5.74, 6) is 0.374. The lowest BCUT2D eigenvalue weighted by atomic mass is 10.2. The topological polar surface area (TPSA) is 87.7 Å². The number of hydrogen-bond donors (Lipinski definition) is 1. The van der Waals surface area contributed by atoms with E-state index in [1.54, 1.807) is 29.3 Å². The van der Waals surface area contributed by atoms with Crippen molar-refractivity contribution in [2.75, 3.05) is 35.3 Å². The summed E-state index contributed by atoms with van der Waals surface area (Å²) in [7, 11) is 1.31. The molecule has 0 aromatic carbocycles. The van der Waals surface area contributed by atoms with Crippen LogP contribution in [0.1, 0.15) is 16.9 Å². The lowest BCUT2D eigenvalue weighted by Crippen LogP contribution is -2.48. The molecule has 1 fully saturated rings. The fraction of sp³-hybridized carbons (Fsp3) is 0.294. The maximum atomic E-state index is 13.0. The number of aromatic nitrogens is 2. The summed E-state index contributed by atoms with van der Waals surface area (Å²) in [6.07, 6.45) is 2.44. The van der Waals surface area contributed by atoms with Crippen LogP contribution in [-0.4, -0.2) is 48.2 Å². The number of methoxy groups -OCH3 is 1. The Kier molecular flexibility index (Phi) is 4.23. The monoisotopic (exact) mass is 417 g/mol. The number of rotatable bonds is 2. The van der Waals surface area contributed by atoms with Gasteiger partial charge >= 0.3 is 12.0 Å². The molecule has 2 amide bonds. The smallest absolute Gasteiger partial charge is 0.356 e. The lowest BCUT2D eigenvalue weighted by molar-refractivity contribution is 0.0594. The molecule has 2 aromatic rings. The van der Waals surface area contributed by atoms with Gasteiger partial charge in [0.25, 0.3) is 0 Å². The van der Waals surface area contributed by atoms with E-state index in [2.05, 4.69) is 36.1 Å². The summed E-state index contributed by atoms with van der Waals surface area (Å²) < 4.78 is 5.57. The van der Waals surface area contributed by atoms with Crippen molar-refractivity contribution in [3.8, 4) is 0 Å². The zero-order chi connectivity index (χ0) is 18.3. The minimum Gasteiger partial charge on any atom is -0.464 e. The van der Waals surface area contributed by atoms with E-state index in [0.717, 1.165) is 29.7 Å². The van der Waals surface area contributed by atoms with Gasteiger partial charge in [0.1, 0.15) is 5.82 Å². The van der Waals surface area contributed by atoms with Gasteiger partial charge in [0.15, 0.2) is 11.5 Å². The summed E-state index contributed by atoms with van der Waals surface area (Å²) >= 11 is 3.36. The summed E-state index contributed by atoms with van der Waals surface area (Å²) in [4.78, 5) is 37.2. The van der Waals surface area contributed by atoms with E-state index in [-0.39, 0.29) is 17.8 Å². The van der Waals surface area contributed by atoms with E-state index < -0.39 is 5.97 Å². The number of carbonyl (C=O) groups is 2. The van der Waals surface area contributed by atoms with Crippen molar-refractivity contribution in [1.82, 2.24) is 9.97 Å². The molecule has 2 aliphatic heterocycles. The van der Waals surface area contributed by atoms with Gasteiger partial charge in [-0.05, 0) is 30.7 Å². The molecular formula is C17H16BrN5O3. The minimum atomic E-state index is -0.533. The molecule has 0 spiro atoms. The third-order valence-corrected chi connectivity index (χ3v) is 5.02. The standard InChI is InChI=1S/C17H16BrN5O3/c1-26-16(24)12-2-3-13-15(20-12)23(11-5-7-22(13)9-11)17(25)21-14-8-10(18)4-6-19-14/h2-4,6,8,11H,5,7,9H2,1H3,(H,19,21,25). The average molecular weight is 418 g/mol. The SMILES string of the molecule is COC(=O)c1ccc2c(n1)N(C(=O)Nc1cc(Br)ccn1)C1CCN2C1. The van der Waals surface area contributed by atoms with Crippen molar-refractivity contribution in [3.05, 3.63) is 40.6 Å². The van der Waals surface area contributed by atoms with Gasteiger partial charge in [0.2, 0.25) is 0 Å². The van der Waals surface area contributed by atoms with Gasteiger partial charge in [0.05, 0.1) is 18.8 Å². The van der Waals surface area contributed by atoms with E-state index in [1.807, 2.05) is 6.07 Å². The Morgan fingerprint density at radius 1 is 1.35 bits per heavy atom. The summed E-state index contributed by atoms with van der Waals surface area (Å²) in [5.41, 5.74) is 1.01. The second-order valence-corrected chi connectivity index (χ2v) is 6.99. The maximum absolute atomic E-state index is 13.0. The molecule has 1 unspecified atom stereocenters. The highest BCUT2D eigenvalue weighted by molar-refractivity contribution is 9.10. The number of amides is 2. The van der Waals surface area contributed by atoms with Crippen LogP contribution in [0.15, 0.2) is 34.9 Å². The number of hydrogen-bond acceptors (Lipinski definition) is 6. The van der Waals surface area contributed by atoms with Gasteiger partial charge in [-0.15, -0.1) is 0 Å². The number of carbonyl (C=O) groups excluding carboxylic acids is 2. The van der Waals surface area contributed by atoms with Crippen LogP contribution in [0.4, 0.5) is 22.1 Å². The molecule has 2 bridgehead atoms. The van der Waals surface area contributed by atoms with Gasteiger partial charge in [-0.25, -0.2) is 19.6 Å². The van der Waals surface area contributed by atoms with Crippen LogP contribution in [0.5, 0.6) is 0 Å². The van der Waals surface area contributed by atoms with Crippen molar-refractivity contribution < 1.29 is 14.3 Å². The highest BCUT2D eigenvalue weighted by Gasteiger charge is 2.40. The number of urea groups is 1. The Morgan fingerprint density at radius 2 is 2.19 bits per heavy atom. The van der Waals surface area contributed by atoms with E-state index in [0.29, 0.717) is 11.6 Å². The quantitative estimate of drug-likeness (QED) is 0.755. The minimum absolute atomic E-state index is 0.00458. The number of halogens is 1. The fourth-order valence-corrected chi connectivity index (χ4v) is 3.67. The molecule has 0 aliphatic carbocycles. The van der Waals surface area contributed by atoms with E-state index in [9.17, 15) is 9.59 Å². The van der Waals surface area contributed by atoms with Crippen molar-refractivity contribution in [1.29, 1.82) is 0 Å². The number of nitrogens with zero attached hydrogens (tertiary/aromatic N) is 4. The van der Waals surface area contributed by atoms with Gasteiger partial charge in [0, 0.05) is 23.8 Å². The first kappa shape index (κ1) is 16.8. The first-order valence-electron chi connectivity index (χ1n) is 8.13. The van der Waals surface area contributed by atoms with Crippen LogP contribution >= 0.6 is 15.9 Å². The van der Waals surface area contributed by atoms with Crippen LogP contribution in [0.25, 0.3) is 0 Å². The largest absolute Gasteiger partial charge is 0.464 e. The van der Waals surface area contributed by atoms with Crippen LogP contribution < -0.4 is 15.1 Å². The Labute approximate surface area is 158 Å².